The SMILES string of the molecule is CCc1ccccc1C(=O)OCCOCCCCCC(C)C. The van der Waals surface area contributed by atoms with Crippen molar-refractivity contribution in [2.24, 2.45) is 5.92 Å². The van der Waals surface area contributed by atoms with Crippen LogP contribution in [0.25, 0.3) is 0 Å². The van der Waals surface area contributed by atoms with Crippen molar-refractivity contribution in [1.82, 2.24) is 0 Å². The topological polar surface area (TPSA) is 35.5 Å². The Balaban J connectivity index is 2.08. The Morgan fingerprint density at radius 2 is 1.82 bits per heavy atom. The van der Waals surface area contributed by atoms with Gasteiger partial charge in [0.25, 0.3) is 0 Å². The first-order valence-corrected chi connectivity index (χ1v) is 8.48. The standard InChI is InChI=1S/C19H30O3/c1-4-17-11-7-8-12-18(17)19(20)22-15-14-21-13-9-5-6-10-16(2)3/h7-8,11-12,16H,4-6,9-10,13-15H2,1-3H3. The third-order valence-corrected chi connectivity index (χ3v) is 3.65. The molecule has 0 heterocycles. The Hall–Kier alpha value is -1.35. The maximum Gasteiger partial charge on any atom is 0.338 e. The van der Waals surface area contributed by atoms with Gasteiger partial charge in [-0.1, -0.05) is 58.2 Å². The number of hydrogen-bond donors (Lipinski definition) is 0. The van der Waals surface area contributed by atoms with Crippen molar-refractivity contribution in [3.63, 3.8) is 0 Å². The average molecular weight is 306 g/mol. The monoisotopic (exact) mass is 306 g/mol. The molecule has 0 aliphatic carbocycles. The predicted octanol–water partition coefficient (Wildman–Crippen LogP) is 4.64. The van der Waals surface area contributed by atoms with E-state index in [0.717, 1.165) is 30.9 Å². The summed E-state index contributed by atoms with van der Waals surface area (Å²) in [5, 5.41) is 0. The van der Waals surface area contributed by atoms with Crippen LogP contribution >= 0.6 is 0 Å². The molecule has 22 heavy (non-hydrogen) atoms. The molecular weight excluding hydrogens is 276 g/mol. The molecule has 0 aromatic heterocycles. The zero-order valence-corrected chi connectivity index (χ0v) is 14.3. The molecule has 1 aromatic carbocycles. The average Bonchev–Trinajstić information content (AvgIpc) is 2.52. The molecule has 0 bridgehead atoms. The molecule has 1 aromatic rings. The van der Waals surface area contributed by atoms with E-state index < -0.39 is 0 Å². The van der Waals surface area contributed by atoms with Gasteiger partial charge in [0, 0.05) is 6.61 Å². The van der Waals surface area contributed by atoms with Crippen LogP contribution in [-0.2, 0) is 15.9 Å². The van der Waals surface area contributed by atoms with E-state index in [2.05, 4.69) is 13.8 Å². The first kappa shape index (κ1) is 18.7. The highest BCUT2D eigenvalue weighted by atomic mass is 16.6. The van der Waals surface area contributed by atoms with Gasteiger partial charge < -0.3 is 9.47 Å². The summed E-state index contributed by atoms with van der Waals surface area (Å²) in [7, 11) is 0. The van der Waals surface area contributed by atoms with E-state index in [1.165, 1.54) is 19.3 Å². The lowest BCUT2D eigenvalue weighted by atomic mass is 10.1. The van der Waals surface area contributed by atoms with Gasteiger partial charge in [-0.2, -0.15) is 0 Å². The van der Waals surface area contributed by atoms with E-state index in [9.17, 15) is 4.79 Å². The van der Waals surface area contributed by atoms with Gasteiger partial charge in [0.2, 0.25) is 0 Å². The van der Waals surface area contributed by atoms with Crippen molar-refractivity contribution < 1.29 is 14.3 Å². The molecule has 3 heteroatoms. The number of ether oxygens (including phenoxy) is 2. The summed E-state index contributed by atoms with van der Waals surface area (Å²) in [4.78, 5) is 12.0. The molecular formula is C19H30O3. The van der Waals surface area contributed by atoms with E-state index >= 15 is 0 Å². The minimum atomic E-state index is -0.252. The Morgan fingerprint density at radius 1 is 1.05 bits per heavy atom. The van der Waals surface area contributed by atoms with Crippen molar-refractivity contribution in [3.8, 4) is 0 Å². The van der Waals surface area contributed by atoms with Gasteiger partial charge in [-0.3, -0.25) is 0 Å². The van der Waals surface area contributed by atoms with E-state index in [0.29, 0.717) is 18.8 Å². The third kappa shape index (κ3) is 7.60. The number of esters is 1. The van der Waals surface area contributed by atoms with E-state index in [1.54, 1.807) is 0 Å². The zero-order valence-electron chi connectivity index (χ0n) is 14.3. The lowest BCUT2D eigenvalue weighted by Gasteiger charge is -2.09. The van der Waals surface area contributed by atoms with E-state index in [4.69, 9.17) is 9.47 Å². The summed E-state index contributed by atoms with van der Waals surface area (Å²) in [6, 6.07) is 7.59. The fraction of sp³-hybridized carbons (Fsp3) is 0.632. The first-order chi connectivity index (χ1) is 10.6. The molecule has 0 aliphatic rings. The molecule has 124 valence electrons. The Kier molecular flexibility index (Phi) is 9.56. The smallest absolute Gasteiger partial charge is 0.338 e. The molecule has 0 radical (unpaired) electrons. The molecule has 0 N–H and O–H groups in total. The molecule has 0 fully saturated rings. The van der Waals surface area contributed by atoms with E-state index in [1.807, 2.05) is 31.2 Å². The molecule has 0 atom stereocenters. The number of hydrogen-bond acceptors (Lipinski definition) is 3. The molecule has 0 spiro atoms. The minimum absolute atomic E-state index is 0.252. The Labute approximate surface area is 135 Å². The Bertz CT molecular complexity index is 426. The number of aryl methyl sites for hydroxylation is 1. The second kappa shape index (κ2) is 11.2. The minimum Gasteiger partial charge on any atom is -0.460 e. The van der Waals surface area contributed by atoms with Crippen LogP contribution in [0.2, 0.25) is 0 Å². The highest BCUT2D eigenvalue weighted by Gasteiger charge is 2.10. The highest BCUT2D eigenvalue weighted by molar-refractivity contribution is 5.91. The second-order valence-corrected chi connectivity index (χ2v) is 6.00. The van der Waals surface area contributed by atoms with Gasteiger partial charge in [-0.15, -0.1) is 0 Å². The normalized spacial score (nSPS) is 10.9. The summed E-state index contributed by atoms with van der Waals surface area (Å²) in [6.07, 6.45) is 5.68. The maximum absolute atomic E-state index is 12.0. The van der Waals surface area contributed by atoms with Crippen molar-refractivity contribution in [3.05, 3.63) is 35.4 Å². The van der Waals surface area contributed by atoms with Crippen molar-refractivity contribution in [2.45, 2.75) is 52.9 Å². The molecule has 0 amide bonds. The zero-order chi connectivity index (χ0) is 16.2. The summed E-state index contributed by atoms with van der Waals surface area (Å²) in [5.74, 6) is 0.532. The summed E-state index contributed by atoms with van der Waals surface area (Å²) >= 11 is 0. The fourth-order valence-corrected chi connectivity index (χ4v) is 2.33. The molecule has 0 saturated heterocycles. The first-order valence-electron chi connectivity index (χ1n) is 8.48. The molecule has 0 saturated carbocycles. The number of carbonyl (C=O) groups is 1. The van der Waals surface area contributed by atoms with Crippen LogP contribution in [0.15, 0.2) is 24.3 Å². The van der Waals surface area contributed by atoms with Crippen LogP contribution in [-0.4, -0.2) is 25.8 Å². The van der Waals surface area contributed by atoms with Crippen LogP contribution < -0.4 is 0 Å². The Morgan fingerprint density at radius 3 is 2.55 bits per heavy atom. The van der Waals surface area contributed by atoms with Gasteiger partial charge in [-0.25, -0.2) is 4.79 Å². The molecule has 0 unspecified atom stereocenters. The predicted molar refractivity (Wildman–Crippen MR) is 90.2 cm³/mol. The number of carbonyl (C=O) groups excluding carboxylic acids is 1. The summed E-state index contributed by atoms with van der Waals surface area (Å²) < 4.78 is 10.8. The van der Waals surface area contributed by atoms with Crippen LogP contribution in [0.1, 0.15) is 62.4 Å². The van der Waals surface area contributed by atoms with Crippen molar-refractivity contribution >= 4 is 5.97 Å². The largest absolute Gasteiger partial charge is 0.460 e. The van der Waals surface area contributed by atoms with Crippen LogP contribution in [0.3, 0.4) is 0 Å². The molecule has 1 rings (SSSR count). The van der Waals surface area contributed by atoms with Gasteiger partial charge in [0.15, 0.2) is 0 Å². The van der Waals surface area contributed by atoms with Gasteiger partial charge in [0.1, 0.15) is 6.61 Å². The summed E-state index contributed by atoms with van der Waals surface area (Å²) in [5.41, 5.74) is 1.69. The molecule has 0 aliphatic heterocycles. The van der Waals surface area contributed by atoms with Gasteiger partial charge >= 0.3 is 5.97 Å². The lowest BCUT2D eigenvalue weighted by molar-refractivity contribution is 0.0311. The fourth-order valence-electron chi connectivity index (χ4n) is 2.33. The van der Waals surface area contributed by atoms with Gasteiger partial charge in [0.05, 0.1) is 12.2 Å². The number of unbranched alkanes of at least 4 members (excludes halogenated alkanes) is 2. The van der Waals surface area contributed by atoms with Crippen LogP contribution in [0, 0.1) is 5.92 Å². The second-order valence-electron chi connectivity index (χ2n) is 6.00. The maximum atomic E-state index is 12.0. The quantitative estimate of drug-likeness (QED) is 0.441. The number of rotatable bonds is 11. The van der Waals surface area contributed by atoms with E-state index in [-0.39, 0.29) is 5.97 Å². The van der Waals surface area contributed by atoms with Crippen molar-refractivity contribution in [2.75, 3.05) is 19.8 Å². The third-order valence-electron chi connectivity index (χ3n) is 3.65. The highest BCUT2D eigenvalue weighted by Crippen LogP contribution is 2.11. The van der Waals surface area contributed by atoms with Crippen LogP contribution in [0.5, 0.6) is 0 Å². The van der Waals surface area contributed by atoms with Crippen LogP contribution in [0.4, 0.5) is 0 Å². The summed E-state index contributed by atoms with van der Waals surface area (Å²) in [6.45, 7) is 8.09. The lowest BCUT2D eigenvalue weighted by Crippen LogP contribution is -2.12. The van der Waals surface area contributed by atoms with Gasteiger partial charge in [-0.05, 0) is 30.4 Å². The molecule has 3 nitrogen and oxygen atoms in total. The van der Waals surface area contributed by atoms with Crippen molar-refractivity contribution in [1.29, 1.82) is 0 Å². The number of benzene rings is 1.